The number of carbonyl (C=O) groups excluding carboxylic acids is 5. The van der Waals surface area contributed by atoms with Gasteiger partial charge in [0.25, 0.3) is 5.91 Å². The van der Waals surface area contributed by atoms with E-state index in [2.05, 4.69) is 10.6 Å². The van der Waals surface area contributed by atoms with E-state index < -0.39 is 29.7 Å². The SMILES string of the molecule is CC(C)C[C@H](C(=O)NCc1ccc2c(c1)CN(C1CCC(=O)NC1=O)C2=O)N(C)C(=O)OC(C)(C)C. The van der Waals surface area contributed by atoms with Gasteiger partial charge >= 0.3 is 6.09 Å². The lowest BCUT2D eigenvalue weighted by molar-refractivity contribution is -0.137. The monoisotopic (exact) mass is 500 g/mol. The molecule has 0 saturated carbocycles. The summed E-state index contributed by atoms with van der Waals surface area (Å²) in [4.78, 5) is 65.0. The molecule has 1 aromatic rings. The minimum atomic E-state index is -0.695. The van der Waals surface area contributed by atoms with E-state index in [1.807, 2.05) is 19.9 Å². The summed E-state index contributed by atoms with van der Waals surface area (Å²) in [5.74, 6) is -1.14. The Labute approximate surface area is 211 Å². The van der Waals surface area contributed by atoms with Gasteiger partial charge in [0.2, 0.25) is 17.7 Å². The van der Waals surface area contributed by atoms with Crippen molar-refractivity contribution in [1.29, 1.82) is 0 Å². The molecule has 196 valence electrons. The first kappa shape index (κ1) is 27.2. The van der Waals surface area contributed by atoms with Crippen LogP contribution in [0.4, 0.5) is 4.79 Å². The normalized spacial score (nSPS) is 18.6. The van der Waals surface area contributed by atoms with Gasteiger partial charge in [-0.1, -0.05) is 26.0 Å². The summed E-state index contributed by atoms with van der Waals surface area (Å²) >= 11 is 0. The van der Waals surface area contributed by atoms with Gasteiger partial charge in [0.05, 0.1) is 0 Å². The molecule has 5 amide bonds. The number of nitrogens with zero attached hydrogens (tertiary/aromatic N) is 2. The Morgan fingerprint density at radius 2 is 1.92 bits per heavy atom. The molecule has 2 aliphatic rings. The molecule has 0 spiro atoms. The maximum absolute atomic E-state index is 13.1. The minimum Gasteiger partial charge on any atom is -0.444 e. The number of piperidine rings is 1. The van der Waals surface area contributed by atoms with Gasteiger partial charge in [0.15, 0.2) is 0 Å². The largest absolute Gasteiger partial charge is 0.444 e. The zero-order valence-electron chi connectivity index (χ0n) is 21.8. The fourth-order valence-corrected chi connectivity index (χ4v) is 4.39. The second-order valence-electron chi connectivity index (χ2n) is 10.8. The Kier molecular flexibility index (Phi) is 8.05. The number of hydrogen-bond donors (Lipinski definition) is 2. The van der Waals surface area contributed by atoms with Crippen molar-refractivity contribution >= 4 is 29.7 Å². The van der Waals surface area contributed by atoms with Gasteiger partial charge in [0, 0.05) is 32.1 Å². The van der Waals surface area contributed by atoms with Crippen molar-refractivity contribution in [3.8, 4) is 0 Å². The predicted octanol–water partition coefficient (Wildman–Crippen LogP) is 2.35. The summed E-state index contributed by atoms with van der Waals surface area (Å²) in [6, 6.07) is 3.93. The minimum absolute atomic E-state index is 0.176. The zero-order valence-corrected chi connectivity index (χ0v) is 21.8. The van der Waals surface area contributed by atoms with Gasteiger partial charge in [-0.15, -0.1) is 0 Å². The van der Waals surface area contributed by atoms with Crippen LogP contribution in [0.25, 0.3) is 0 Å². The number of fused-ring (bicyclic) bond motifs is 1. The molecule has 0 aromatic heterocycles. The number of hydrogen-bond acceptors (Lipinski definition) is 6. The van der Waals surface area contributed by atoms with E-state index in [-0.39, 0.29) is 43.1 Å². The van der Waals surface area contributed by atoms with E-state index in [0.29, 0.717) is 18.4 Å². The number of benzene rings is 1. The van der Waals surface area contributed by atoms with Crippen molar-refractivity contribution in [2.75, 3.05) is 7.05 Å². The quantitative estimate of drug-likeness (QED) is 0.554. The van der Waals surface area contributed by atoms with Crippen LogP contribution in [-0.2, 0) is 32.2 Å². The highest BCUT2D eigenvalue weighted by atomic mass is 16.6. The molecule has 3 rings (SSSR count). The highest BCUT2D eigenvalue weighted by Gasteiger charge is 2.39. The van der Waals surface area contributed by atoms with Crippen LogP contribution in [-0.4, -0.2) is 64.3 Å². The molecule has 1 unspecified atom stereocenters. The smallest absolute Gasteiger partial charge is 0.410 e. The molecule has 0 bridgehead atoms. The van der Waals surface area contributed by atoms with Gasteiger partial charge in [-0.3, -0.25) is 29.4 Å². The van der Waals surface area contributed by atoms with Gasteiger partial charge in [-0.25, -0.2) is 4.79 Å². The Balaban J connectivity index is 1.66. The zero-order chi connectivity index (χ0) is 26.8. The molecular formula is C26H36N4O6. The fourth-order valence-electron chi connectivity index (χ4n) is 4.39. The van der Waals surface area contributed by atoms with E-state index in [0.717, 1.165) is 11.1 Å². The number of ether oxygens (including phenoxy) is 1. The molecular weight excluding hydrogens is 464 g/mol. The van der Waals surface area contributed by atoms with Crippen molar-refractivity contribution < 1.29 is 28.7 Å². The van der Waals surface area contributed by atoms with Crippen LogP contribution in [0.2, 0.25) is 0 Å². The fraction of sp³-hybridized carbons (Fsp3) is 0.577. The number of amides is 5. The van der Waals surface area contributed by atoms with Gasteiger partial charge < -0.3 is 15.0 Å². The average molecular weight is 501 g/mol. The van der Waals surface area contributed by atoms with Crippen LogP contribution in [0.15, 0.2) is 18.2 Å². The second-order valence-corrected chi connectivity index (χ2v) is 10.8. The van der Waals surface area contributed by atoms with Crippen molar-refractivity contribution in [2.45, 2.75) is 84.7 Å². The molecule has 1 fully saturated rings. The summed E-state index contributed by atoms with van der Waals surface area (Å²) in [6.07, 6.45) is 0.410. The molecule has 2 N–H and O–H groups in total. The summed E-state index contributed by atoms with van der Waals surface area (Å²) in [5, 5.41) is 5.20. The Morgan fingerprint density at radius 3 is 2.53 bits per heavy atom. The molecule has 10 nitrogen and oxygen atoms in total. The van der Waals surface area contributed by atoms with Crippen LogP contribution < -0.4 is 10.6 Å². The summed E-state index contributed by atoms with van der Waals surface area (Å²) < 4.78 is 5.43. The van der Waals surface area contributed by atoms with E-state index in [9.17, 15) is 24.0 Å². The molecule has 0 radical (unpaired) electrons. The molecule has 1 saturated heterocycles. The van der Waals surface area contributed by atoms with Gasteiger partial charge in [-0.05, 0) is 56.7 Å². The lowest BCUT2D eigenvalue weighted by Gasteiger charge is -2.31. The average Bonchev–Trinajstić information content (AvgIpc) is 3.09. The van der Waals surface area contributed by atoms with Gasteiger partial charge in [0.1, 0.15) is 17.7 Å². The Hall–Kier alpha value is -3.43. The highest BCUT2D eigenvalue weighted by molar-refractivity contribution is 6.05. The maximum atomic E-state index is 13.1. The van der Waals surface area contributed by atoms with Crippen molar-refractivity contribution in [1.82, 2.24) is 20.4 Å². The standard InChI is InChI=1S/C26H36N4O6/c1-15(2)11-20(29(6)25(35)36-26(3,4)5)22(32)27-13-16-7-8-18-17(12-16)14-30(24(18)34)19-9-10-21(31)28-23(19)33/h7-8,12,15,19-20H,9-11,13-14H2,1-6H3,(H,27,32)(H,28,31,33)/t19?,20-/m1/s1. The number of nitrogens with one attached hydrogen (secondary N) is 2. The van der Waals surface area contributed by atoms with Crippen molar-refractivity contribution in [3.63, 3.8) is 0 Å². The van der Waals surface area contributed by atoms with E-state index in [1.54, 1.807) is 40.0 Å². The van der Waals surface area contributed by atoms with Crippen LogP contribution in [0.5, 0.6) is 0 Å². The first-order valence-electron chi connectivity index (χ1n) is 12.3. The molecule has 2 atom stereocenters. The van der Waals surface area contributed by atoms with Crippen molar-refractivity contribution in [2.24, 2.45) is 5.92 Å². The molecule has 10 heteroatoms. The summed E-state index contributed by atoms with van der Waals surface area (Å²) in [6.45, 7) is 9.77. The lowest BCUT2D eigenvalue weighted by atomic mass is 10.0. The van der Waals surface area contributed by atoms with Crippen LogP contribution in [0, 0.1) is 5.92 Å². The topological polar surface area (TPSA) is 125 Å². The molecule has 2 aliphatic heterocycles. The molecule has 2 heterocycles. The summed E-state index contributed by atoms with van der Waals surface area (Å²) in [5.41, 5.74) is 1.40. The third kappa shape index (κ3) is 6.41. The Bertz CT molecular complexity index is 1060. The molecule has 36 heavy (non-hydrogen) atoms. The number of carbonyl (C=O) groups is 5. The van der Waals surface area contributed by atoms with Crippen molar-refractivity contribution in [3.05, 3.63) is 34.9 Å². The number of likely N-dealkylation sites (N-methyl/N-ethyl adjacent to an activating group) is 1. The van der Waals surface area contributed by atoms with E-state index in [1.165, 1.54) is 9.80 Å². The van der Waals surface area contributed by atoms with Crippen LogP contribution >= 0.6 is 0 Å². The van der Waals surface area contributed by atoms with Gasteiger partial charge in [-0.2, -0.15) is 0 Å². The molecule has 0 aliphatic carbocycles. The Morgan fingerprint density at radius 1 is 1.22 bits per heavy atom. The molecule has 1 aromatic carbocycles. The third-order valence-corrected chi connectivity index (χ3v) is 6.20. The first-order chi connectivity index (χ1) is 16.8. The number of rotatable bonds is 7. The predicted molar refractivity (Wildman–Crippen MR) is 132 cm³/mol. The van der Waals surface area contributed by atoms with E-state index >= 15 is 0 Å². The second kappa shape index (κ2) is 10.7. The van der Waals surface area contributed by atoms with Crippen LogP contribution in [0.1, 0.15) is 75.4 Å². The lowest BCUT2D eigenvalue weighted by Crippen LogP contribution is -2.52. The highest BCUT2D eigenvalue weighted by Crippen LogP contribution is 2.28. The summed E-state index contributed by atoms with van der Waals surface area (Å²) in [7, 11) is 1.56. The third-order valence-electron chi connectivity index (χ3n) is 6.20. The van der Waals surface area contributed by atoms with Crippen LogP contribution in [0.3, 0.4) is 0 Å². The number of imide groups is 1. The maximum Gasteiger partial charge on any atom is 0.410 e. The van der Waals surface area contributed by atoms with E-state index in [4.69, 9.17) is 4.74 Å². The first-order valence-corrected chi connectivity index (χ1v) is 12.3.